The fourth-order valence-corrected chi connectivity index (χ4v) is 8.52. The molecule has 8 aromatic rings. The minimum atomic E-state index is -1.05. The third kappa shape index (κ3) is 14.0. The number of amides is 1. The van der Waals surface area contributed by atoms with Crippen molar-refractivity contribution in [3.05, 3.63) is 189 Å². The molecule has 21 heteroatoms. The van der Waals surface area contributed by atoms with Crippen molar-refractivity contribution < 1.29 is 73.4 Å². The average Bonchev–Trinajstić information content (AvgIpc) is 4.10. The van der Waals surface area contributed by atoms with Gasteiger partial charge < -0.3 is 35.0 Å². The van der Waals surface area contributed by atoms with Crippen molar-refractivity contribution in [2.24, 2.45) is 9.98 Å². The molecule has 0 aliphatic rings. The van der Waals surface area contributed by atoms with Gasteiger partial charge in [0.15, 0.2) is 0 Å². The number of aromatic hydroxyl groups is 2. The smallest absolute Gasteiger partial charge is 0.338 e. The number of methoxy groups -OCH3 is 2. The number of aliphatic imine (C=N–C) groups is 2. The van der Waals surface area contributed by atoms with Gasteiger partial charge in [0.2, 0.25) is 23.6 Å². The highest BCUT2D eigenvalue weighted by molar-refractivity contribution is 6.25. The molecular formula is C60H60N6O15. The summed E-state index contributed by atoms with van der Waals surface area (Å²) < 4.78 is 12.0. The maximum Gasteiger partial charge on any atom is 0.338 e. The number of carboxylic acid groups (broad SMARTS) is 1. The van der Waals surface area contributed by atoms with Crippen LogP contribution in [0.5, 0.6) is 11.8 Å². The largest absolute Gasteiger partial charge is 0.494 e. The lowest BCUT2D eigenvalue weighted by Gasteiger charge is -2.16. The first kappa shape index (κ1) is 60.6. The number of hydrogen-bond donors (Lipinski definition) is 6. The van der Waals surface area contributed by atoms with E-state index in [4.69, 9.17) is 34.5 Å². The zero-order valence-corrected chi connectivity index (χ0v) is 45.6. The summed E-state index contributed by atoms with van der Waals surface area (Å²) in [4.78, 5) is 92.9. The number of carbonyl (C=O) groups excluding carboxylic acids is 5. The Hall–Kier alpha value is -9.64. The van der Waals surface area contributed by atoms with Crippen LogP contribution in [0.15, 0.2) is 143 Å². The van der Waals surface area contributed by atoms with E-state index in [1.54, 1.807) is 69.4 Å². The first-order valence-electron chi connectivity index (χ1n) is 24.9. The van der Waals surface area contributed by atoms with Gasteiger partial charge in [-0.2, -0.15) is 0 Å². The summed E-state index contributed by atoms with van der Waals surface area (Å²) in [5.41, 5.74) is 8.96. The molecule has 6 aromatic carbocycles. The van der Waals surface area contributed by atoms with Gasteiger partial charge >= 0.3 is 17.9 Å². The normalized spacial score (nSPS) is 11.3. The van der Waals surface area contributed by atoms with Crippen LogP contribution < -0.4 is 5.48 Å². The number of aromatic carboxylic acids is 1. The second-order valence-electron chi connectivity index (χ2n) is 17.6. The lowest BCUT2D eigenvalue weighted by molar-refractivity contribution is -0.114. The van der Waals surface area contributed by atoms with Crippen LogP contribution in [0.4, 0.5) is 11.4 Å². The van der Waals surface area contributed by atoms with E-state index in [2.05, 4.69) is 10.3 Å². The van der Waals surface area contributed by atoms with Crippen LogP contribution >= 0.6 is 0 Å². The Bertz CT molecular complexity index is 3660. The van der Waals surface area contributed by atoms with Gasteiger partial charge in [-0.15, -0.1) is 0 Å². The number of carbonyl (C=O) groups is 6. The van der Waals surface area contributed by atoms with Gasteiger partial charge in [0.1, 0.15) is 0 Å². The third-order valence-corrected chi connectivity index (χ3v) is 12.3. The number of hydrogen-bond acceptors (Lipinski definition) is 17. The molecule has 1 amide bonds. The minimum Gasteiger partial charge on any atom is -0.494 e. The van der Waals surface area contributed by atoms with E-state index in [0.29, 0.717) is 90.2 Å². The number of aliphatic hydroxyl groups is 2. The van der Waals surface area contributed by atoms with E-state index in [-0.39, 0.29) is 48.3 Å². The first-order chi connectivity index (χ1) is 38.8. The number of carboxylic acids is 1. The Labute approximate surface area is 465 Å². The topological polar surface area (TPSA) is 290 Å². The van der Waals surface area contributed by atoms with E-state index >= 15 is 0 Å². The van der Waals surface area contributed by atoms with E-state index in [1.165, 1.54) is 59.4 Å². The maximum atomic E-state index is 12.7. The molecule has 0 bridgehead atoms. The number of esters is 2. The lowest BCUT2D eigenvalue weighted by Crippen LogP contribution is -2.28. The molecule has 8 rings (SSSR count). The molecule has 21 nitrogen and oxygen atoms in total. The van der Waals surface area contributed by atoms with Crippen LogP contribution in [0.25, 0.3) is 21.8 Å². The number of rotatable bonds is 16. The highest BCUT2D eigenvalue weighted by atomic mass is 16.7. The first-order valence-corrected chi connectivity index (χ1v) is 24.9. The zero-order chi connectivity index (χ0) is 59.1. The molecule has 0 saturated heterocycles. The number of nitrogens with zero attached hydrogens (tertiary/aromatic N) is 5. The molecule has 6 N–H and O–H groups in total. The standard InChI is InChI=1S/C30H29N3O7.C27H22N2O6.C3H9NO2/c1-18-16-24-25(17-23(18)30(38)39-4)33(19(2)35)29(37)26(24)27(20-8-6-5-7-9-20)31-22-12-10-21(11-13-22)28(36)32(3)40-15-14-34;1-15-13-21-22(14-20(15)27(34)35-3)29(16(2)30)25(31)23(21)24(17-7-5-4-6-8-17)28-19-11-9-18(10-12-19)26(32)33;1-4-6-3-2-5/h5-13,16-17,34,37H,14-15H2,1-4H3;4-14,31H,1-3H3,(H,32,33);4-5H,2-3H2,1H3. The van der Waals surface area contributed by atoms with Crippen molar-refractivity contribution in [2.75, 3.05) is 54.7 Å². The predicted molar refractivity (Wildman–Crippen MR) is 303 cm³/mol. The Balaban J connectivity index is 0.000000239. The SMILES string of the molecule is CNOCCO.COC(=O)c1cc2c(cc1C)c(C(=Nc1ccc(C(=O)N(C)OCCO)cc1)c1ccccc1)c(O)n2C(C)=O.COC(=O)c1cc2c(cc1C)c(C(=Nc1ccc(C(=O)O)cc1)c1ccccc1)c(O)n2C(C)=O. The predicted octanol–water partition coefficient (Wildman–Crippen LogP) is 8.37. The monoisotopic (exact) mass is 1100 g/mol. The highest BCUT2D eigenvalue weighted by Gasteiger charge is 2.28. The van der Waals surface area contributed by atoms with E-state index in [9.17, 15) is 44.1 Å². The summed E-state index contributed by atoms with van der Waals surface area (Å²) in [5, 5.41) is 50.9. The van der Waals surface area contributed by atoms with Crippen molar-refractivity contribution in [3.63, 3.8) is 0 Å². The maximum absolute atomic E-state index is 12.7. The number of hydroxylamine groups is 3. The van der Waals surface area contributed by atoms with E-state index < -0.39 is 35.6 Å². The summed E-state index contributed by atoms with van der Waals surface area (Å²) in [5.74, 6) is -4.10. The zero-order valence-electron chi connectivity index (χ0n) is 45.6. The van der Waals surface area contributed by atoms with Crippen LogP contribution in [-0.2, 0) is 19.1 Å². The second-order valence-corrected chi connectivity index (χ2v) is 17.6. The molecule has 420 valence electrons. The number of benzene rings is 6. The van der Waals surface area contributed by atoms with Crippen LogP contribution in [-0.4, -0.2) is 142 Å². The van der Waals surface area contributed by atoms with Crippen molar-refractivity contribution >= 4 is 80.2 Å². The Morgan fingerprint density at radius 2 is 0.963 bits per heavy atom. The van der Waals surface area contributed by atoms with E-state index in [0.717, 1.165) is 14.2 Å². The van der Waals surface area contributed by atoms with Crippen LogP contribution in [0.2, 0.25) is 0 Å². The highest BCUT2D eigenvalue weighted by Crippen LogP contribution is 2.38. The van der Waals surface area contributed by atoms with Gasteiger partial charge in [-0.1, -0.05) is 60.7 Å². The molecule has 0 saturated carbocycles. The van der Waals surface area contributed by atoms with Crippen LogP contribution in [0, 0.1) is 13.8 Å². The van der Waals surface area contributed by atoms with Gasteiger partial charge in [0.25, 0.3) is 5.91 Å². The van der Waals surface area contributed by atoms with Crippen LogP contribution in [0.1, 0.15) is 98.2 Å². The molecule has 0 fully saturated rings. The summed E-state index contributed by atoms with van der Waals surface area (Å²) in [7, 11) is 5.65. The Kier molecular flexibility index (Phi) is 20.8. The van der Waals surface area contributed by atoms with Gasteiger partial charge in [-0.05, 0) is 97.8 Å². The van der Waals surface area contributed by atoms with Gasteiger partial charge in [0, 0.05) is 55.4 Å². The Morgan fingerprint density at radius 3 is 1.30 bits per heavy atom. The number of aryl methyl sites for hydroxylation is 2. The van der Waals surface area contributed by atoms with Crippen molar-refractivity contribution in [1.29, 1.82) is 0 Å². The number of nitrogens with one attached hydrogen (secondary N) is 1. The molecule has 0 radical (unpaired) electrons. The summed E-state index contributed by atoms with van der Waals surface area (Å²) in [6.07, 6.45) is 0. The molecule has 2 aromatic heterocycles. The molecule has 2 heterocycles. The summed E-state index contributed by atoms with van der Waals surface area (Å²) in [6.45, 7) is 6.31. The molecular weight excluding hydrogens is 1040 g/mol. The van der Waals surface area contributed by atoms with Crippen LogP contribution in [0.3, 0.4) is 0 Å². The quantitative estimate of drug-likeness (QED) is 0.0229. The molecule has 0 atom stereocenters. The fourth-order valence-electron chi connectivity index (χ4n) is 8.52. The molecule has 0 aliphatic carbocycles. The average molecular weight is 1110 g/mol. The van der Waals surface area contributed by atoms with Crippen molar-refractivity contribution in [1.82, 2.24) is 19.7 Å². The van der Waals surface area contributed by atoms with Crippen molar-refractivity contribution in [3.8, 4) is 11.8 Å². The summed E-state index contributed by atoms with van der Waals surface area (Å²) in [6, 6.07) is 37.3. The molecule has 0 aliphatic heterocycles. The lowest BCUT2D eigenvalue weighted by atomic mass is 9.98. The molecule has 81 heavy (non-hydrogen) atoms. The van der Waals surface area contributed by atoms with E-state index in [1.807, 2.05) is 60.7 Å². The number of aliphatic hydroxyl groups excluding tert-OH is 2. The van der Waals surface area contributed by atoms with Gasteiger partial charge in [0.05, 0.1) is 102 Å². The van der Waals surface area contributed by atoms with Crippen molar-refractivity contribution in [2.45, 2.75) is 27.7 Å². The van der Waals surface area contributed by atoms with Gasteiger partial charge in [-0.25, -0.2) is 34.9 Å². The number of fused-ring (bicyclic) bond motifs is 2. The number of ether oxygens (including phenoxy) is 2. The molecule has 0 spiro atoms. The molecule has 0 unspecified atom stereocenters. The fraction of sp³-hybridized carbons (Fsp3) is 0.200. The third-order valence-electron chi connectivity index (χ3n) is 12.3. The van der Waals surface area contributed by atoms with Gasteiger partial charge in [-0.3, -0.25) is 33.2 Å². The minimum absolute atomic E-state index is 0.0109. The summed E-state index contributed by atoms with van der Waals surface area (Å²) >= 11 is 0. The second kappa shape index (κ2) is 27.8. The number of aromatic nitrogens is 2. The Morgan fingerprint density at radius 1 is 0.568 bits per heavy atom.